The third-order valence-corrected chi connectivity index (χ3v) is 6.70. The minimum Gasteiger partial charge on any atom is -0.334 e. The zero-order chi connectivity index (χ0) is 18.3. The summed E-state index contributed by atoms with van der Waals surface area (Å²) in [6.07, 6.45) is 13.0. The SMILES string of the molecule is O=C(NCc1cccnc1-c1ccncc1)NC12CC3CC(CC(C3)C1)C2. The molecule has 4 aliphatic carbocycles. The van der Waals surface area contributed by atoms with E-state index in [1.54, 1.807) is 18.6 Å². The number of amides is 2. The van der Waals surface area contributed by atoms with Gasteiger partial charge in [-0.3, -0.25) is 9.97 Å². The van der Waals surface area contributed by atoms with Crippen LogP contribution in [0.1, 0.15) is 44.1 Å². The summed E-state index contributed by atoms with van der Waals surface area (Å²) in [5.41, 5.74) is 2.98. The number of urea groups is 1. The number of pyridine rings is 2. The van der Waals surface area contributed by atoms with Gasteiger partial charge in [-0.25, -0.2) is 4.79 Å². The molecule has 5 heteroatoms. The van der Waals surface area contributed by atoms with E-state index in [-0.39, 0.29) is 11.6 Å². The Bertz CT molecular complexity index is 800. The van der Waals surface area contributed by atoms with Crippen LogP contribution >= 0.6 is 0 Å². The van der Waals surface area contributed by atoms with E-state index < -0.39 is 0 Å². The van der Waals surface area contributed by atoms with Crippen LogP contribution in [-0.2, 0) is 6.54 Å². The molecule has 0 saturated heterocycles. The first-order valence-corrected chi connectivity index (χ1v) is 10.1. The maximum atomic E-state index is 12.7. The lowest BCUT2D eigenvalue weighted by Crippen LogP contribution is -2.61. The van der Waals surface area contributed by atoms with Gasteiger partial charge >= 0.3 is 6.03 Å². The monoisotopic (exact) mass is 362 g/mol. The number of carbonyl (C=O) groups excluding carboxylic acids is 1. The molecule has 4 aliphatic rings. The fourth-order valence-electron chi connectivity index (χ4n) is 6.08. The summed E-state index contributed by atoms with van der Waals surface area (Å²) in [5, 5.41) is 6.45. The van der Waals surface area contributed by atoms with Crippen molar-refractivity contribution in [1.82, 2.24) is 20.6 Å². The van der Waals surface area contributed by atoms with Crippen molar-refractivity contribution in [3.05, 3.63) is 48.4 Å². The summed E-state index contributed by atoms with van der Waals surface area (Å²) in [6.45, 7) is 0.476. The summed E-state index contributed by atoms with van der Waals surface area (Å²) >= 11 is 0. The zero-order valence-corrected chi connectivity index (χ0v) is 15.5. The molecule has 27 heavy (non-hydrogen) atoms. The van der Waals surface area contributed by atoms with Gasteiger partial charge in [0.2, 0.25) is 0 Å². The molecule has 140 valence electrons. The van der Waals surface area contributed by atoms with Gasteiger partial charge in [0, 0.05) is 36.2 Å². The Kier molecular flexibility index (Phi) is 4.10. The van der Waals surface area contributed by atoms with Crippen molar-refractivity contribution in [3.8, 4) is 11.3 Å². The fourth-order valence-corrected chi connectivity index (χ4v) is 6.08. The Balaban J connectivity index is 1.26. The van der Waals surface area contributed by atoms with Crippen LogP contribution in [0.3, 0.4) is 0 Å². The van der Waals surface area contributed by atoms with E-state index in [0.717, 1.165) is 34.6 Å². The maximum absolute atomic E-state index is 12.7. The van der Waals surface area contributed by atoms with E-state index in [0.29, 0.717) is 6.54 Å². The van der Waals surface area contributed by atoms with Crippen molar-refractivity contribution in [2.24, 2.45) is 17.8 Å². The van der Waals surface area contributed by atoms with Gasteiger partial charge in [-0.1, -0.05) is 6.07 Å². The predicted molar refractivity (Wildman–Crippen MR) is 104 cm³/mol. The third-order valence-electron chi connectivity index (χ3n) is 6.70. The van der Waals surface area contributed by atoms with Crippen molar-refractivity contribution in [2.75, 3.05) is 0 Å². The normalized spacial score (nSPS) is 30.9. The summed E-state index contributed by atoms with van der Waals surface area (Å²) in [7, 11) is 0. The molecule has 0 atom stereocenters. The maximum Gasteiger partial charge on any atom is 0.315 e. The van der Waals surface area contributed by atoms with Crippen LogP contribution in [0, 0.1) is 17.8 Å². The van der Waals surface area contributed by atoms with Crippen molar-refractivity contribution in [2.45, 2.75) is 50.6 Å². The van der Waals surface area contributed by atoms with E-state index in [9.17, 15) is 4.79 Å². The van der Waals surface area contributed by atoms with Gasteiger partial charge in [-0.15, -0.1) is 0 Å². The Hall–Kier alpha value is -2.43. The second-order valence-corrected chi connectivity index (χ2v) is 8.75. The molecule has 0 aromatic carbocycles. The summed E-state index contributed by atoms with van der Waals surface area (Å²) < 4.78 is 0. The second kappa shape index (κ2) is 6.63. The summed E-state index contributed by atoms with van der Waals surface area (Å²) in [4.78, 5) is 21.3. The quantitative estimate of drug-likeness (QED) is 0.866. The molecular weight excluding hydrogens is 336 g/mol. The highest BCUT2D eigenvalue weighted by atomic mass is 16.2. The van der Waals surface area contributed by atoms with Gasteiger partial charge in [0.25, 0.3) is 0 Å². The molecule has 2 amide bonds. The van der Waals surface area contributed by atoms with Gasteiger partial charge < -0.3 is 10.6 Å². The molecule has 2 N–H and O–H groups in total. The third kappa shape index (κ3) is 3.31. The highest BCUT2D eigenvalue weighted by molar-refractivity contribution is 5.75. The van der Waals surface area contributed by atoms with Crippen LogP contribution in [0.5, 0.6) is 0 Å². The number of hydrogen-bond acceptors (Lipinski definition) is 3. The Labute approximate surface area is 160 Å². The van der Waals surface area contributed by atoms with E-state index in [4.69, 9.17) is 0 Å². The van der Waals surface area contributed by atoms with Crippen LogP contribution in [0.25, 0.3) is 11.3 Å². The average molecular weight is 362 g/mol. The lowest BCUT2D eigenvalue weighted by molar-refractivity contribution is -0.0135. The molecular formula is C22H26N4O. The van der Waals surface area contributed by atoms with E-state index in [2.05, 4.69) is 20.6 Å². The van der Waals surface area contributed by atoms with Crippen molar-refractivity contribution in [3.63, 3.8) is 0 Å². The van der Waals surface area contributed by atoms with E-state index in [1.165, 1.54) is 38.5 Å². The zero-order valence-electron chi connectivity index (χ0n) is 15.5. The molecule has 2 aromatic heterocycles. The Morgan fingerprint density at radius 3 is 2.33 bits per heavy atom. The molecule has 5 nitrogen and oxygen atoms in total. The van der Waals surface area contributed by atoms with Gasteiger partial charge in [-0.05, 0) is 80.0 Å². The van der Waals surface area contributed by atoms with E-state index in [1.807, 2.05) is 24.3 Å². The molecule has 4 saturated carbocycles. The number of nitrogens with zero attached hydrogens (tertiary/aromatic N) is 2. The lowest BCUT2D eigenvalue weighted by atomic mass is 9.53. The molecule has 4 bridgehead atoms. The summed E-state index contributed by atoms with van der Waals surface area (Å²) in [5.74, 6) is 2.48. The van der Waals surface area contributed by atoms with E-state index >= 15 is 0 Å². The lowest BCUT2D eigenvalue weighted by Gasteiger charge is -2.56. The van der Waals surface area contributed by atoms with Gasteiger partial charge in [-0.2, -0.15) is 0 Å². The molecule has 0 spiro atoms. The van der Waals surface area contributed by atoms with Crippen LogP contribution in [-0.4, -0.2) is 21.5 Å². The minimum absolute atomic E-state index is 0.0403. The van der Waals surface area contributed by atoms with Gasteiger partial charge in [0.05, 0.1) is 5.69 Å². The first kappa shape index (κ1) is 16.7. The number of hydrogen-bond donors (Lipinski definition) is 2. The number of carbonyl (C=O) groups is 1. The fraction of sp³-hybridized carbons (Fsp3) is 0.500. The first-order chi connectivity index (χ1) is 13.2. The molecule has 4 fully saturated rings. The largest absolute Gasteiger partial charge is 0.334 e. The number of rotatable bonds is 4. The first-order valence-electron chi connectivity index (χ1n) is 10.1. The minimum atomic E-state index is -0.0403. The van der Waals surface area contributed by atoms with Crippen LogP contribution < -0.4 is 10.6 Å². The highest BCUT2D eigenvalue weighted by Gasteiger charge is 2.51. The van der Waals surface area contributed by atoms with Crippen LogP contribution in [0.4, 0.5) is 4.79 Å². The Morgan fingerprint density at radius 2 is 1.67 bits per heavy atom. The average Bonchev–Trinajstić information content (AvgIpc) is 2.66. The standard InChI is InChI=1S/C22H26N4O/c27-21(26-22-11-15-8-16(12-22)10-17(9-15)13-22)25-14-19-2-1-5-24-20(19)18-3-6-23-7-4-18/h1-7,15-17H,8-14H2,(H2,25,26,27). The van der Waals surface area contributed by atoms with Crippen molar-refractivity contribution >= 4 is 6.03 Å². The predicted octanol–water partition coefficient (Wildman–Crippen LogP) is 3.91. The topological polar surface area (TPSA) is 66.9 Å². The number of nitrogens with one attached hydrogen (secondary N) is 2. The van der Waals surface area contributed by atoms with Gasteiger partial charge in [0.15, 0.2) is 0 Å². The highest BCUT2D eigenvalue weighted by Crippen LogP contribution is 2.55. The van der Waals surface area contributed by atoms with Gasteiger partial charge in [0.1, 0.15) is 0 Å². The second-order valence-electron chi connectivity index (χ2n) is 8.75. The molecule has 0 radical (unpaired) electrons. The van der Waals surface area contributed by atoms with Crippen molar-refractivity contribution < 1.29 is 4.79 Å². The van der Waals surface area contributed by atoms with Crippen molar-refractivity contribution in [1.29, 1.82) is 0 Å². The number of aromatic nitrogens is 2. The summed E-state index contributed by atoms with van der Waals surface area (Å²) in [6, 6.07) is 7.79. The molecule has 2 heterocycles. The van der Waals surface area contributed by atoms with Crippen LogP contribution in [0.15, 0.2) is 42.9 Å². The molecule has 0 unspecified atom stereocenters. The molecule has 0 aliphatic heterocycles. The Morgan fingerprint density at radius 1 is 1.00 bits per heavy atom. The molecule has 2 aromatic rings. The smallest absolute Gasteiger partial charge is 0.315 e. The van der Waals surface area contributed by atoms with Crippen LogP contribution in [0.2, 0.25) is 0 Å². The molecule has 6 rings (SSSR count).